The van der Waals surface area contributed by atoms with Crippen molar-refractivity contribution >= 4 is 17.5 Å². The van der Waals surface area contributed by atoms with Gasteiger partial charge in [-0.15, -0.1) is 0 Å². The molecule has 7 nitrogen and oxygen atoms in total. The van der Waals surface area contributed by atoms with Crippen LogP contribution in [0.25, 0.3) is 0 Å². The second-order valence-electron chi connectivity index (χ2n) is 6.79. The van der Waals surface area contributed by atoms with E-state index < -0.39 is 5.56 Å². The van der Waals surface area contributed by atoms with Gasteiger partial charge >= 0.3 is 0 Å². The fourth-order valence-electron chi connectivity index (χ4n) is 3.18. The lowest BCUT2D eigenvalue weighted by Gasteiger charge is -2.22. The van der Waals surface area contributed by atoms with Crippen molar-refractivity contribution in [3.05, 3.63) is 58.0 Å². The first-order valence-corrected chi connectivity index (χ1v) is 8.66. The summed E-state index contributed by atoms with van der Waals surface area (Å²) in [4.78, 5) is 38.6. The Hall–Kier alpha value is -2.96. The topological polar surface area (TPSA) is 84.3 Å². The van der Waals surface area contributed by atoms with Crippen molar-refractivity contribution < 1.29 is 9.59 Å². The number of amides is 2. The van der Waals surface area contributed by atoms with Crippen LogP contribution in [0.2, 0.25) is 0 Å². The highest BCUT2D eigenvalue weighted by Gasteiger charge is 2.32. The van der Waals surface area contributed by atoms with E-state index in [2.05, 4.69) is 10.4 Å². The minimum absolute atomic E-state index is 0.00585. The van der Waals surface area contributed by atoms with E-state index in [0.29, 0.717) is 0 Å². The summed E-state index contributed by atoms with van der Waals surface area (Å²) in [5.74, 6) is -0.598. The summed E-state index contributed by atoms with van der Waals surface area (Å²) in [6.07, 6.45) is 0.776. The molecule has 1 atom stereocenters. The number of benzene rings is 1. The Kier molecular flexibility index (Phi) is 4.88. The highest BCUT2D eigenvalue weighted by molar-refractivity contribution is 6.06. The smallest absolute Gasteiger partial charge is 0.278 e. The molecule has 0 bridgehead atoms. The maximum absolute atomic E-state index is 13.0. The number of fused-ring (bicyclic) bond motifs is 1. The van der Waals surface area contributed by atoms with E-state index in [0.717, 1.165) is 22.4 Å². The minimum atomic E-state index is -0.421. The van der Waals surface area contributed by atoms with Crippen molar-refractivity contribution in [3.8, 4) is 0 Å². The molecule has 1 aromatic heterocycles. The molecule has 0 spiro atoms. The Labute approximate surface area is 151 Å². The molecule has 1 N–H and O–H groups in total. The van der Waals surface area contributed by atoms with Crippen molar-refractivity contribution in [2.24, 2.45) is 0 Å². The van der Waals surface area contributed by atoms with E-state index in [9.17, 15) is 14.4 Å². The fourth-order valence-corrected chi connectivity index (χ4v) is 3.18. The second kappa shape index (κ2) is 7.11. The zero-order valence-corrected chi connectivity index (χ0v) is 15.1. The Bertz CT molecular complexity index is 904. The fraction of sp³-hybridized carbons (Fsp3) is 0.368. The van der Waals surface area contributed by atoms with Crippen molar-refractivity contribution in [1.29, 1.82) is 0 Å². The van der Waals surface area contributed by atoms with Crippen LogP contribution >= 0.6 is 0 Å². The average Bonchev–Trinajstić information content (AvgIpc) is 2.91. The lowest BCUT2D eigenvalue weighted by molar-refractivity contribution is -0.122. The van der Waals surface area contributed by atoms with E-state index in [1.165, 1.54) is 12.1 Å². The third-order valence-electron chi connectivity index (χ3n) is 4.25. The highest BCUT2D eigenvalue weighted by Crippen LogP contribution is 2.32. The van der Waals surface area contributed by atoms with Crippen LogP contribution in [0.4, 0.5) is 5.69 Å². The van der Waals surface area contributed by atoms with Crippen LogP contribution in [0.15, 0.2) is 41.2 Å². The molecule has 26 heavy (non-hydrogen) atoms. The highest BCUT2D eigenvalue weighted by atomic mass is 16.2. The van der Waals surface area contributed by atoms with Crippen LogP contribution in [0.1, 0.15) is 36.8 Å². The van der Waals surface area contributed by atoms with E-state index in [1.807, 2.05) is 45.0 Å². The number of nitrogens with one attached hydrogen (secondary N) is 1. The van der Waals surface area contributed by atoms with Gasteiger partial charge in [-0.25, -0.2) is 4.68 Å². The number of hydrogen-bond donors (Lipinski definition) is 1. The molecule has 3 rings (SSSR count). The third-order valence-corrected chi connectivity index (χ3v) is 4.25. The summed E-state index contributed by atoms with van der Waals surface area (Å²) in [6, 6.07) is 10.4. The molecule has 1 aliphatic rings. The predicted octanol–water partition coefficient (Wildman–Crippen LogP) is 1.36. The zero-order chi connectivity index (χ0) is 18.8. The molecule has 0 fully saturated rings. The number of hydrogen-bond acceptors (Lipinski definition) is 4. The van der Waals surface area contributed by atoms with E-state index in [4.69, 9.17) is 0 Å². The van der Waals surface area contributed by atoms with Gasteiger partial charge in [-0.05, 0) is 44.9 Å². The molecule has 0 saturated carbocycles. The summed E-state index contributed by atoms with van der Waals surface area (Å²) in [5.41, 5.74) is 1.70. The van der Waals surface area contributed by atoms with Crippen LogP contribution in [0.3, 0.4) is 0 Å². The number of anilines is 1. The molecule has 0 radical (unpaired) electrons. The van der Waals surface area contributed by atoms with Crippen LogP contribution in [0.5, 0.6) is 0 Å². The number of nitrogens with zero attached hydrogens (tertiary/aromatic N) is 3. The number of para-hydroxylation sites is 1. The quantitative estimate of drug-likeness (QED) is 0.898. The summed E-state index contributed by atoms with van der Waals surface area (Å²) >= 11 is 0. The van der Waals surface area contributed by atoms with Crippen LogP contribution in [-0.2, 0) is 17.8 Å². The molecular weight excluding hydrogens is 332 g/mol. The van der Waals surface area contributed by atoms with Gasteiger partial charge in [-0.1, -0.05) is 18.2 Å². The van der Waals surface area contributed by atoms with Crippen molar-refractivity contribution in [2.45, 2.75) is 45.8 Å². The predicted molar refractivity (Wildman–Crippen MR) is 98.2 cm³/mol. The van der Waals surface area contributed by atoms with E-state index >= 15 is 0 Å². The first-order chi connectivity index (χ1) is 12.4. The second-order valence-corrected chi connectivity index (χ2v) is 6.79. The van der Waals surface area contributed by atoms with Gasteiger partial charge in [0.05, 0.1) is 0 Å². The Morgan fingerprint density at radius 2 is 1.96 bits per heavy atom. The molecule has 0 saturated heterocycles. The lowest BCUT2D eigenvalue weighted by Crippen LogP contribution is -2.39. The summed E-state index contributed by atoms with van der Waals surface area (Å²) in [7, 11) is 0. The van der Waals surface area contributed by atoms with E-state index in [1.54, 1.807) is 4.90 Å². The van der Waals surface area contributed by atoms with Crippen LogP contribution < -0.4 is 15.8 Å². The number of carbonyl (C=O) groups is 2. The van der Waals surface area contributed by atoms with Crippen molar-refractivity contribution in [1.82, 2.24) is 15.1 Å². The van der Waals surface area contributed by atoms with Gasteiger partial charge in [0.15, 0.2) is 0 Å². The normalized spacial score (nSPS) is 15.8. The molecule has 0 unspecified atom stereocenters. The number of carbonyl (C=O) groups excluding carboxylic acids is 2. The summed E-state index contributed by atoms with van der Waals surface area (Å²) in [5, 5.41) is 6.83. The molecule has 7 heteroatoms. The standard InChI is InChI=1S/C19H22N4O3/c1-12(2)20-17(24)11-22-18(25)9-8-15(21-22)19(26)23-13(3)10-14-6-4-5-7-16(14)23/h4-9,12-13H,10-11H2,1-3H3,(H,20,24)/t13-/m0/s1. The summed E-state index contributed by atoms with van der Waals surface area (Å²) < 4.78 is 1.03. The van der Waals surface area contributed by atoms with Crippen LogP contribution in [-0.4, -0.2) is 33.7 Å². The SMILES string of the molecule is CC(C)NC(=O)Cn1nc(C(=O)N2c3ccccc3C[C@@H]2C)ccc1=O. The zero-order valence-electron chi connectivity index (χ0n) is 15.1. The average molecular weight is 354 g/mol. The van der Waals surface area contributed by atoms with Gasteiger partial charge in [0.1, 0.15) is 12.2 Å². The van der Waals surface area contributed by atoms with Crippen molar-refractivity contribution in [2.75, 3.05) is 4.90 Å². The molecule has 0 aliphatic carbocycles. The maximum atomic E-state index is 13.0. The van der Waals surface area contributed by atoms with Gasteiger partial charge < -0.3 is 10.2 Å². The van der Waals surface area contributed by atoms with Gasteiger partial charge in [0, 0.05) is 23.8 Å². The first kappa shape index (κ1) is 17.8. The van der Waals surface area contributed by atoms with Gasteiger partial charge in [-0.2, -0.15) is 5.10 Å². The molecule has 2 heterocycles. The van der Waals surface area contributed by atoms with Gasteiger partial charge in [-0.3, -0.25) is 14.4 Å². The minimum Gasteiger partial charge on any atom is -0.352 e. The number of rotatable bonds is 4. The molecule has 1 aromatic carbocycles. The molecule has 2 aromatic rings. The maximum Gasteiger partial charge on any atom is 0.278 e. The monoisotopic (exact) mass is 354 g/mol. The first-order valence-electron chi connectivity index (χ1n) is 8.66. The van der Waals surface area contributed by atoms with Gasteiger partial charge in [0.25, 0.3) is 11.5 Å². The summed E-state index contributed by atoms with van der Waals surface area (Å²) in [6.45, 7) is 5.43. The van der Waals surface area contributed by atoms with Crippen LogP contribution in [0, 0.1) is 0 Å². The molecular formula is C19H22N4O3. The Balaban J connectivity index is 1.88. The van der Waals surface area contributed by atoms with E-state index in [-0.39, 0.29) is 36.1 Å². The molecule has 136 valence electrons. The lowest BCUT2D eigenvalue weighted by atomic mass is 10.1. The largest absolute Gasteiger partial charge is 0.352 e. The Morgan fingerprint density at radius 3 is 2.69 bits per heavy atom. The number of aromatic nitrogens is 2. The molecule has 1 aliphatic heterocycles. The Morgan fingerprint density at radius 1 is 1.23 bits per heavy atom. The molecule has 2 amide bonds. The third kappa shape index (κ3) is 3.51. The van der Waals surface area contributed by atoms with Gasteiger partial charge in [0.2, 0.25) is 5.91 Å². The van der Waals surface area contributed by atoms with Crippen molar-refractivity contribution in [3.63, 3.8) is 0 Å².